The van der Waals surface area contributed by atoms with E-state index in [0.717, 1.165) is 12.2 Å². The number of rotatable bonds is 6. The van der Waals surface area contributed by atoms with Gasteiger partial charge in [-0.25, -0.2) is 0 Å². The molecule has 0 aliphatic rings. The van der Waals surface area contributed by atoms with E-state index in [1.54, 1.807) is 0 Å². The summed E-state index contributed by atoms with van der Waals surface area (Å²) >= 11 is 0. The van der Waals surface area contributed by atoms with Crippen molar-refractivity contribution in [3.63, 3.8) is 0 Å². The van der Waals surface area contributed by atoms with Crippen molar-refractivity contribution in [2.45, 2.75) is 32.5 Å². The van der Waals surface area contributed by atoms with E-state index >= 15 is 0 Å². The van der Waals surface area contributed by atoms with E-state index in [2.05, 4.69) is 19.2 Å². The molecule has 0 radical (unpaired) electrons. The van der Waals surface area contributed by atoms with Crippen molar-refractivity contribution < 1.29 is 10.2 Å². The Hall–Kier alpha value is -0.840. The maximum atomic E-state index is 9.37. The maximum absolute atomic E-state index is 9.37. The van der Waals surface area contributed by atoms with Crippen LogP contribution < -0.4 is 5.32 Å². The second kappa shape index (κ2) is 5.90. The molecule has 2 atom stereocenters. The van der Waals surface area contributed by atoms with E-state index in [0.29, 0.717) is 6.54 Å². The Labute approximate surface area is 90.5 Å². The molecule has 15 heavy (non-hydrogen) atoms. The normalized spacial score (nSPS) is 15.2. The molecule has 0 bridgehead atoms. The molecular weight excluding hydrogens is 192 g/mol. The molecule has 0 fully saturated rings. The molecule has 1 aromatic rings. The van der Waals surface area contributed by atoms with E-state index < -0.39 is 6.10 Å². The van der Waals surface area contributed by atoms with Gasteiger partial charge < -0.3 is 20.1 Å². The average molecular weight is 212 g/mol. The summed E-state index contributed by atoms with van der Waals surface area (Å²) < 4.78 is 1.97. The standard InChI is InChI=1S/C11H20N2O2/c1-3-12-9(2)11-5-4-6-13(11)7-10(15)8-14/h4-6,9-10,12,14-15H,3,7-8H2,1-2H3. The van der Waals surface area contributed by atoms with Crippen LogP contribution in [0.1, 0.15) is 25.6 Å². The van der Waals surface area contributed by atoms with E-state index in [1.165, 1.54) is 0 Å². The van der Waals surface area contributed by atoms with Gasteiger partial charge in [0, 0.05) is 17.9 Å². The SMILES string of the molecule is CCNC(C)c1cccn1CC(O)CO. The van der Waals surface area contributed by atoms with E-state index in [9.17, 15) is 5.11 Å². The third kappa shape index (κ3) is 3.34. The second-order valence-corrected chi connectivity index (χ2v) is 3.70. The lowest BCUT2D eigenvalue weighted by Gasteiger charge is -2.17. The average Bonchev–Trinajstić information content (AvgIpc) is 2.66. The third-order valence-corrected chi connectivity index (χ3v) is 2.44. The van der Waals surface area contributed by atoms with Gasteiger partial charge in [-0.2, -0.15) is 0 Å². The van der Waals surface area contributed by atoms with Crippen LogP contribution in [0.3, 0.4) is 0 Å². The summed E-state index contributed by atoms with van der Waals surface area (Å²) in [5.74, 6) is 0. The minimum Gasteiger partial charge on any atom is -0.394 e. The van der Waals surface area contributed by atoms with Crippen LogP contribution in [0, 0.1) is 0 Å². The van der Waals surface area contributed by atoms with Crippen molar-refractivity contribution >= 4 is 0 Å². The molecule has 0 saturated heterocycles. The van der Waals surface area contributed by atoms with Crippen LogP contribution in [0.5, 0.6) is 0 Å². The van der Waals surface area contributed by atoms with Crippen molar-refractivity contribution in [3.8, 4) is 0 Å². The van der Waals surface area contributed by atoms with Crippen molar-refractivity contribution in [2.75, 3.05) is 13.2 Å². The molecule has 0 aliphatic carbocycles. The summed E-state index contributed by atoms with van der Waals surface area (Å²) in [6.45, 7) is 5.30. The highest BCUT2D eigenvalue weighted by molar-refractivity contribution is 5.11. The van der Waals surface area contributed by atoms with Gasteiger partial charge in [0.05, 0.1) is 19.3 Å². The smallest absolute Gasteiger partial charge is 0.0949 e. The molecule has 1 heterocycles. The molecule has 3 N–H and O–H groups in total. The van der Waals surface area contributed by atoms with Crippen LogP contribution in [-0.4, -0.2) is 34.0 Å². The molecule has 86 valence electrons. The Morgan fingerprint density at radius 1 is 1.53 bits per heavy atom. The monoisotopic (exact) mass is 212 g/mol. The Balaban J connectivity index is 2.68. The van der Waals surface area contributed by atoms with E-state index in [-0.39, 0.29) is 12.6 Å². The molecule has 1 aromatic heterocycles. The van der Waals surface area contributed by atoms with Gasteiger partial charge in [0.1, 0.15) is 0 Å². The summed E-state index contributed by atoms with van der Waals surface area (Å²) in [5.41, 5.74) is 1.13. The van der Waals surface area contributed by atoms with Crippen LogP contribution in [0.2, 0.25) is 0 Å². The van der Waals surface area contributed by atoms with Gasteiger partial charge in [-0.15, -0.1) is 0 Å². The maximum Gasteiger partial charge on any atom is 0.0949 e. The molecule has 1 rings (SSSR count). The highest BCUT2D eigenvalue weighted by Gasteiger charge is 2.11. The molecule has 0 saturated carbocycles. The van der Waals surface area contributed by atoms with Crippen molar-refractivity contribution in [1.82, 2.24) is 9.88 Å². The van der Waals surface area contributed by atoms with Crippen LogP contribution in [0.15, 0.2) is 18.3 Å². The largest absolute Gasteiger partial charge is 0.394 e. The first-order valence-electron chi connectivity index (χ1n) is 5.36. The van der Waals surface area contributed by atoms with Gasteiger partial charge in [-0.05, 0) is 25.6 Å². The van der Waals surface area contributed by atoms with Gasteiger partial charge in [0.25, 0.3) is 0 Å². The van der Waals surface area contributed by atoms with Crippen LogP contribution in [-0.2, 0) is 6.54 Å². The van der Waals surface area contributed by atoms with Crippen LogP contribution in [0.4, 0.5) is 0 Å². The lowest BCUT2D eigenvalue weighted by molar-refractivity contribution is 0.0803. The number of nitrogens with one attached hydrogen (secondary N) is 1. The predicted molar refractivity (Wildman–Crippen MR) is 59.6 cm³/mol. The number of hydrogen-bond donors (Lipinski definition) is 3. The van der Waals surface area contributed by atoms with E-state index in [1.807, 2.05) is 22.9 Å². The molecule has 4 heteroatoms. The molecule has 0 aromatic carbocycles. The third-order valence-electron chi connectivity index (χ3n) is 2.44. The summed E-state index contributed by atoms with van der Waals surface area (Å²) in [4.78, 5) is 0. The zero-order valence-electron chi connectivity index (χ0n) is 9.35. The van der Waals surface area contributed by atoms with Crippen LogP contribution >= 0.6 is 0 Å². The Bertz CT molecular complexity index is 286. The summed E-state index contributed by atoms with van der Waals surface area (Å²) in [6, 6.07) is 4.24. The summed E-state index contributed by atoms with van der Waals surface area (Å²) in [5, 5.41) is 21.5. The number of aliphatic hydroxyl groups is 2. The van der Waals surface area contributed by atoms with Crippen molar-refractivity contribution in [3.05, 3.63) is 24.0 Å². The predicted octanol–water partition coefficient (Wildman–Crippen LogP) is 0.512. The molecule has 0 amide bonds. The molecule has 0 spiro atoms. The van der Waals surface area contributed by atoms with Gasteiger partial charge in [0.15, 0.2) is 0 Å². The molecular formula is C11H20N2O2. The summed E-state index contributed by atoms with van der Waals surface area (Å²) in [6.07, 6.45) is 1.23. The topological polar surface area (TPSA) is 57.4 Å². The van der Waals surface area contributed by atoms with Gasteiger partial charge in [-0.3, -0.25) is 0 Å². The number of aliphatic hydroxyl groups excluding tert-OH is 2. The minimum atomic E-state index is -0.690. The minimum absolute atomic E-state index is 0.201. The fourth-order valence-corrected chi connectivity index (χ4v) is 1.68. The number of aromatic nitrogens is 1. The van der Waals surface area contributed by atoms with Crippen molar-refractivity contribution in [1.29, 1.82) is 0 Å². The van der Waals surface area contributed by atoms with E-state index in [4.69, 9.17) is 5.11 Å². The molecule has 2 unspecified atom stereocenters. The fourth-order valence-electron chi connectivity index (χ4n) is 1.68. The quantitative estimate of drug-likeness (QED) is 0.644. The zero-order chi connectivity index (χ0) is 11.3. The fraction of sp³-hybridized carbons (Fsp3) is 0.636. The lowest BCUT2D eigenvalue weighted by atomic mass is 10.2. The van der Waals surface area contributed by atoms with Gasteiger partial charge in [-0.1, -0.05) is 6.92 Å². The zero-order valence-corrected chi connectivity index (χ0v) is 9.35. The number of hydrogen-bond acceptors (Lipinski definition) is 3. The Morgan fingerprint density at radius 2 is 2.27 bits per heavy atom. The van der Waals surface area contributed by atoms with Gasteiger partial charge >= 0.3 is 0 Å². The Kier molecular flexibility index (Phi) is 4.81. The first-order chi connectivity index (χ1) is 7.19. The number of nitrogens with zero attached hydrogens (tertiary/aromatic N) is 1. The molecule has 4 nitrogen and oxygen atoms in total. The highest BCUT2D eigenvalue weighted by atomic mass is 16.3. The first kappa shape index (κ1) is 12.2. The van der Waals surface area contributed by atoms with Gasteiger partial charge in [0.2, 0.25) is 0 Å². The molecule has 0 aliphatic heterocycles. The highest BCUT2D eigenvalue weighted by Crippen LogP contribution is 2.13. The Morgan fingerprint density at radius 3 is 2.87 bits per heavy atom. The van der Waals surface area contributed by atoms with Crippen LogP contribution in [0.25, 0.3) is 0 Å². The van der Waals surface area contributed by atoms with Crippen molar-refractivity contribution in [2.24, 2.45) is 0 Å². The first-order valence-corrected chi connectivity index (χ1v) is 5.36. The second-order valence-electron chi connectivity index (χ2n) is 3.70. The lowest BCUT2D eigenvalue weighted by Crippen LogP contribution is -2.25. The summed E-state index contributed by atoms with van der Waals surface area (Å²) in [7, 11) is 0.